The number of nitrogens with zero attached hydrogens (tertiary/aromatic N) is 3. The van der Waals surface area contributed by atoms with E-state index in [1.165, 1.54) is 101 Å². The highest BCUT2D eigenvalue weighted by molar-refractivity contribution is 7.00. The topological polar surface area (TPSA) is 9.72 Å². The van der Waals surface area contributed by atoms with E-state index in [4.69, 9.17) is 0 Å². The maximum Gasteiger partial charge on any atom is 0.252 e. The van der Waals surface area contributed by atoms with Crippen molar-refractivity contribution in [2.24, 2.45) is 0 Å². The summed E-state index contributed by atoms with van der Waals surface area (Å²) in [5.41, 5.74) is 25.0. The zero-order valence-corrected chi connectivity index (χ0v) is 38.0. The van der Waals surface area contributed by atoms with E-state index < -0.39 is 0 Å². The van der Waals surface area contributed by atoms with Crippen LogP contribution in [0.1, 0.15) is 48.1 Å². The molecular formula is C62H50BN3. The van der Waals surface area contributed by atoms with Crippen LogP contribution in [0, 0.1) is 13.8 Å². The summed E-state index contributed by atoms with van der Waals surface area (Å²) in [6, 6.07) is 77.5. The molecule has 3 nitrogen and oxygen atoms in total. The van der Waals surface area contributed by atoms with Gasteiger partial charge in [0.1, 0.15) is 0 Å². The van der Waals surface area contributed by atoms with E-state index in [-0.39, 0.29) is 17.7 Å². The number of anilines is 8. The van der Waals surface area contributed by atoms with Crippen molar-refractivity contribution in [1.82, 2.24) is 0 Å². The molecule has 13 rings (SSSR count). The molecule has 3 heterocycles. The quantitative estimate of drug-likeness (QED) is 0.160. The number of fused-ring (bicyclic) bond motifs is 9. The Hall–Kier alpha value is -7.56. The molecule has 0 fully saturated rings. The molecule has 0 radical (unpaired) electrons. The van der Waals surface area contributed by atoms with Crippen molar-refractivity contribution >= 4 is 68.6 Å². The third-order valence-electron chi connectivity index (χ3n) is 15.8. The molecule has 1 aliphatic carbocycles. The minimum atomic E-state index is -0.368. The van der Waals surface area contributed by atoms with Gasteiger partial charge in [-0.15, -0.1) is 0 Å². The van der Waals surface area contributed by atoms with E-state index in [1.54, 1.807) is 0 Å². The number of hydrogen-bond donors (Lipinski definition) is 0. The summed E-state index contributed by atoms with van der Waals surface area (Å²) in [5, 5.41) is 0. The maximum absolute atomic E-state index is 2.77. The van der Waals surface area contributed by atoms with Crippen LogP contribution in [0.4, 0.5) is 45.5 Å². The minimum Gasteiger partial charge on any atom is -0.330 e. The molecule has 0 saturated heterocycles. The van der Waals surface area contributed by atoms with Gasteiger partial charge in [-0.1, -0.05) is 170 Å². The van der Waals surface area contributed by atoms with E-state index >= 15 is 0 Å². The fourth-order valence-corrected chi connectivity index (χ4v) is 12.6. The lowest BCUT2D eigenvalue weighted by Gasteiger charge is -2.52. The largest absolute Gasteiger partial charge is 0.330 e. The molecule has 4 heteroatoms. The van der Waals surface area contributed by atoms with Gasteiger partial charge in [0.15, 0.2) is 0 Å². The molecule has 2 unspecified atom stereocenters. The number of rotatable bonds is 5. The molecule has 0 N–H and O–H groups in total. The normalized spacial score (nSPS) is 18.5. The van der Waals surface area contributed by atoms with E-state index in [0.717, 1.165) is 24.2 Å². The van der Waals surface area contributed by atoms with Crippen LogP contribution in [0.25, 0.3) is 22.3 Å². The fraction of sp³-hybridized carbons (Fsp3) is 0.129. The van der Waals surface area contributed by atoms with Crippen molar-refractivity contribution < 1.29 is 0 Å². The number of para-hydroxylation sites is 2. The summed E-state index contributed by atoms with van der Waals surface area (Å²) in [5.74, 6) is 0. The van der Waals surface area contributed by atoms with E-state index in [9.17, 15) is 0 Å². The van der Waals surface area contributed by atoms with Crippen LogP contribution in [-0.2, 0) is 17.4 Å². The molecule has 4 aliphatic rings. The smallest absolute Gasteiger partial charge is 0.252 e. The Bertz CT molecular complexity index is 3380. The highest BCUT2D eigenvalue weighted by Crippen LogP contribution is 2.65. The van der Waals surface area contributed by atoms with Crippen LogP contribution < -0.4 is 31.1 Å². The summed E-state index contributed by atoms with van der Waals surface area (Å²) in [4.78, 5) is 7.89. The summed E-state index contributed by atoms with van der Waals surface area (Å²) in [6.45, 7) is 9.68. The van der Waals surface area contributed by atoms with Crippen LogP contribution in [-0.4, -0.2) is 6.71 Å². The van der Waals surface area contributed by atoms with Crippen LogP contribution >= 0.6 is 0 Å². The number of benzene rings is 9. The lowest BCUT2D eigenvalue weighted by Crippen LogP contribution is -2.61. The van der Waals surface area contributed by atoms with Crippen LogP contribution in [0.15, 0.2) is 206 Å². The standard InChI is InChI=1S/C62H50BN3/c1-41-36-42(2)60-52(37-41)61(3)35-34-46-22-14-15-25-51(46)62(61,4)66(60)50-39-57-59-58(40-50)65(49-31-28-45(29-32-49)43-18-8-5-9-19-43)56-33-30-47(44-20-10-6-11-21-44)38-54(56)63(59)53-26-16-17-27-55(53)64(57)48-23-12-7-13-24-48/h5-33,36-40H,34-35H2,1-4H3. The monoisotopic (exact) mass is 847 g/mol. The molecule has 0 spiro atoms. The lowest BCUT2D eigenvalue weighted by atomic mass is 9.33. The Morgan fingerprint density at radius 1 is 0.439 bits per heavy atom. The Balaban J connectivity index is 1.14. The van der Waals surface area contributed by atoms with Crippen molar-refractivity contribution in [2.45, 2.75) is 51.5 Å². The highest BCUT2D eigenvalue weighted by Gasteiger charge is 2.60. The predicted molar refractivity (Wildman–Crippen MR) is 279 cm³/mol. The van der Waals surface area contributed by atoms with Gasteiger partial charge in [0.05, 0.1) is 5.54 Å². The fourth-order valence-electron chi connectivity index (χ4n) is 12.6. The van der Waals surface area contributed by atoms with Crippen LogP contribution in [0.2, 0.25) is 0 Å². The Morgan fingerprint density at radius 3 is 1.71 bits per heavy atom. The van der Waals surface area contributed by atoms with Crippen molar-refractivity contribution in [3.05, 3.63) is 234 Å². The second kappa shape index (κ2) is 14.5. The minimum absolute atomic E-state index is 0.00905. The van der Waals surface area contributed by atoms with Gasteiger partial charge in [-0.25, -0.2) is 0 Å². The molecule has 316 valence electrons. The molecule has 0 aromatic heterocycles. The van der Waals surface area contributed by atoms with Crippen molar-refractivity contribution in [3.8, 4) is 22.3 Å². The molecule has 2 atom stereocenters. The van der Waals surface area contributed by atoms with Gasteiger partial charge in [0, 0.05) is 50.9 Å². The first-order valence-electron chi connectivity index (χ1n) is 23.6. The van der Waals surface area contributed by atoms with Crippen molar-refractivity contribution in [2.75, 3.05) is 14.7 Å². The van der Waals surface area contributed by atoms with Gasteiger partial charge in [-0.3, -0.25) is 0 Å². The van der Waals surface area contributed by atoms with Crippen LogP contribution in [0.5, 0.6) is 0 Å². The van der Waals surface area contributed by atoms with Crippen molar-refractivity contribution in [1.29, 1.82) is 0 Å². The summed E-state index contributed by atoms with van der Waals surface area (Å²) in [7, 11) is 0. The predicted octanol–water partition coefficient (Wildman–Crippen LogP) is 14.0. The summed E-state index contributed by atoms with van der Waals surface area (Å²) < 4.78 is 0. The third kappa shape index (κ3) is 5.45. The van der Waals surface area contributed by atoms with E-state index in [2.05, 4.69) is 249 Å². The third-order valence-corrected chi connectivity index (χ3v) is 15.8. The first-order valence-corrected chi connectivity index (χ1v) is 23.6. The SMILES string of the molecule is Cc1cc(C)c2c(c1)C1(C)CCc3ccccc3C1(C)N2c1cc2c3c(c1)N(c1ccc(-c4ccccc4)cc1)c1ccc(-c4ccccc4)cc1B3c1ccccc1N2c1ccccc1. The Labute approximate surface area is 389 Å². The van der Waals surface area contributed by atoms with Crippen LogP contribution in [0.3, 0.4) is 0 Å². The van der Waals surface area contributed by atoms with E-state index in [1.807, 2.05) is 0 Å². The second-order valence-electron chi connectivity index (χ2n) is 19.3. The van der Waals surface area contributed by atoms with Gasteiger partial charge in [-0.05, 0) is 143 Å². The van der Waals surface area contributed by atoms with Gasteiger partial charge in [0.25, 0.3) is 6.71 Å². The van der Waals surface area contributed by atoms with Gasteiger partial charge in [-0.2, -0.15) is 0 Å². The molecule has 9 aromatic rings. The Morgan fingerprint density at radius 2 is 1.00 bits per heavy atom. The molecule has 0 amide bonds. The first-order chi connectivity index (χ1) is 32.3. The first kappa shape index (κ1) is 38.9. The highest BCUT2D eigenvalue weighted by atomic mass is 15.3. The zero-order chi connectivity index (χ0) is 44.3. The second-order valence-corrected chi connectivity index (χ2v) is 19.3. The average molecular weight is 848 g/mol. The number of aryl methyl sites for hydroxylation is 3. The maximum atomic E-state index is 2.77. The van der Waals surface area contributed by atoms with Gasteiger partial charge >= 0.3 is 0 Å². The number of hydrogen-bond acceptors (Lipinski definition) is 3. The van der Waals surface area contributed by atoms with Crippen molar-refractivity contribution in [3.63, 3.8) is 0 Å². The zero-order valence-electron chi connectivity index (χ0n) is 38.0. The average Bonchev–Trinajstić information content (AvgIpc) is 3.58. The molecule has 0 bridgehead atoms. The molecular weight excluding hydrogens is 798 g/mol. The molecule has 0 saturated carbocycles. The molecule has 66 heavy (non-hydrogen) atoms. The lowest BCUT2D eigenvalue weighted by molar-refractivity contribution is 0.245. The van der Waals surface area contributed by atoms with Gasteiger partial charge in [0.2, 0.25) is 0 Å². The summed E-state index contributed by atoms with van der Waals surface area (Å²) >= 11 is 0. The summed E-state index contributed by atoms with van der Waals surface area (Å²) in [6.07, 6.45) is 2.14. The van der Waals surface area contributed by atoms with E-state index in [0.29, 0.717) is 0 Å². The Kier molecular flexibility index (Phi) is 8.52. The molecule has 3 aliphatic heterocycles. The molecule has 9 aromatic carbocycles. The van der Waals surface area contributed by atoms with Gasteiger partial charge < -0.3 is 14.7 Å².